The number of hydrogen-bond acceptors (Lipinski definition) is 5. The van der Waals surface area contributed by atoms with E-state index < -0.39 is 0 Å². The van der Waals surface area contributed by atoms with Gasteiger partial charge in [-0.05, 0) is 69.4 Å². The summed E-state index contributed by atoms with van der Waals surface area (Å²) >= 11 is 0. The summed E-state index contributed by atoms with van der Waals surface area (Å²) < 4.78 is 1.96. The first-order chi connectivity index (χ1) is 17.3. The molecule has 0 saturated heterocycles. The SMILES string of the molecule is CC1CCCCNC(=O)c2cccc(c2)C(=O)Nc2nc3cccc(C(=O)N(C)C4CC(O)C4)c3n21. The van der Waals surface area contributed by atoms with Crippen LogP contribution >= 0.6 is 0 Å². The van der Waals surface area contributed by atoms with Gasteiger partial charge in [-0.15, -0.1) is 0 Å². The minimum Gasteiger partial charge on any atom is -0.393 e. The number of benzene rings is 2. The third kappa shape index (κ3) is 4.46. The van der Waals surface area contributed by atoms with Crippen LogP contribution in [0.25, 0.3) is 11.0 Å². The van der Waals surface area contributed by atoms with Crippen LogP contribution in [0.1, 0.15) is 76.1 Å². The monoisotopic (exact) mass is 489 g/mol. The third-order valence-electron chi connectivity index (χ3n) is 7.28. The Morgan fingerprint density at radius 1 is 1.08 bits per heavy atom. The number of carbonyl (C=O) groups excluding carboxylic acids is 3. The summed E-state index contributed by atoms with van der Waals surface area (Å²) in [6.45, 7) is 2.59. The lowest BCUT2D eigenvalue weighted by Gasteiger charge is -2.38. The number of fused-ring (bicyclic) bond motifs is 5. The molecular weight excluding hydrogens is 458 g/mol. The van der Waals surface area contributed by atoms with Gasteiger partial charge < -0.3 is 19.9 Å². The van der Waals surface area contributed by atoms with Crippen molar-refractivity contribution >= 4 is 34.7 Å². The predicted molar refractivity (Wildman–Crippen MR) is 136 cm³/mol. The molecule has 9 heteroatoms. The molecule has 3 amide bonds. The summed E-state index contributed by atoms with van der Waals surface area (Å²) in [6.07, 6.45) is 3.23. The van der Waals surface area contributed by atoms with E-state index in [-0.39, 0.29) is 35.9 Å². The van der Waals surface area contributed by atoms with Crippen LogP contribution < -0.4 is 10.6 Å². The summed E-state index contributed by atoms with van der Waals surface area (Å²) in [4.78, 5) is 45.6. The van der Waals surface area contributed by atoms with Gasteiger partial charge in [0.15, 0.2) is 0 Å². The van der Waals surface area contributed by atoms with Gasteiger partial charge in [-0.1, -0.05) is 12.1 Å². The molecule has 9 nitrogen and oxygen atoms in total. The Labute approximate surface area is 209 Å². The summed E-state index contributed by atoms with van der Waals surface area (Å²) in [7, 11) is 1.77. The van der Waals surface area contributed by atoms with Crippen molar-refractivity contribution in [2.45, 2.75) is 57.2 Å². The van der Waals surface area contributed by atoms with E-state index in [0.717, 1.165) is 19.3 Å². The maximum atomic E-state index is 13.5. The number of nitrogens with zero attached hydrogens (tertiary/aromatic N) is 3. The zero-order chi connectivity index (χ0) is 25.4. The summed E-state index contributed by atoms with van der Waals surface area (Å²) in [5.41, 5.74) is 2.61. The lowest BCUT2D eigenvalue weighted by atomic mass is 9.88. The number of imidazole rings is 1. The van der Waals surface area contributed by atoms with Gasteiger partial charge in [-0.2, -0.15) is 0 Å². The Balaban J connectivity index is 1.58. The number of amides is 3. The van der Waals surface area contributed by atoms with Gasteiger partial charge in [0, 0.05) is 36.8 Å². The molecule has 1 fully saturated rings. The first-order valence-electron chi connectivity index (χ1n) is 12.5. The van der Waals surface area contributed by atoms with Crippen molar-refractivity contribution in [1.82, 2.24) is 19.8 Å². The Kier molecular flexibility index (Phi) is 6.49. The van der Waals surface area contributed by atoms with E-state index >= 15 is 0 Å². The molecule has 36 heavy (non-hydrogen) atoms. The molecule has 2 aromatic carbocycles. The Morgan fingerprint density at radius 2 is 1.81 bits per heavy atom. The third-order valence-corrected chi connectivity index (χ3v) is 7.28. The molecule has 1 saturated carbocycles. The van der Waals surface area contributed by atoms with Gasteiger partial charge in [0.25, 0.3) is 17.7 Å². The Morgan fingerprint density at radius 3 is 2.56 bits per heavy atom. The van der Waals surface area contributed by atoms with E-state index in [2.05, 4.69) is 17.6 Å². The fraction of sp³-hybridized carbons (Fsp3) is 0.407. The minimum absolute atomic E-state index is 0.00348. The summed E-state index contributed by atoms with van der Waals surface area (Å²) in [5, 5.41) is 15.6. The largest absolute Gasteiger partial charge is 0.393 e. The van der Waals surface area contributed by atoms with Gasteiger partial charge in [-0.3, -0.25) is 19.7 Å². The fourth-order valence-corrected chi connectivity index (χ4v) is 5.04. The normalized spacial score (nSPS) is 22.6. The number of rotatable bonds is 2. The molecule has 1 aromatic heterocycles. The van der Waals surface area contributed by atoms with Crippen molar-refractivity contribution in [3.63, 3.8) is 0 Å². The second-order valence-electron chi connectivity index (χ2n) is 9.81. The van der Waals surface area contributed by atoms with E-state index in [9.17, 15) is 19.5 Å². The maximum absolute atomic E-state index is 13.5. The molecule has 0 spiro atoms. The molecule has 2 aliphatic rings. The highest BCUT2D eigenvalue weighted by Crippen LogP contribution is 2.32. The number of para-hydroxylation sites is 1. The van der Waals surface area contributed by atoms with Crippen LogP contribution in [0.2, 0.25) is 0 Å². The van der Waals surface area contributed by atoms with Crippen molar-refractivity contribution in [3.05, 3.63) is 59.2 Å². The van der Waals surface area contributed by atoms with E-state index in [1.54, 1.807) is 48.3 Å². The highest BCUT2D eigenvalue weighted by molar-refractivity contribution is 6.08. The number of aliphatic hydroxyl groups excluding tert-OH is 1. The van der Waals surface area contributed by atoms with Gasteiger partial charge in [0.1, 0.15) is 0 Å². The van der Waals surface area contributed by atoms with Crippen LogP contribution in [-0.2, 0) is 0 Å². The highest BCUT2D eigenvalue weighted by Gasteiger charge is 2.34. The van der Waals surface area contributed by atoms with Crippen LogP contribution in [0.15, 0.2) is 42.5 Å². The van der Waals surface area contributed by atoms with Crippen LogP contribution in [0.3, 0.4) is 0 Å². The second-order valence-corrected chi connectivity index (χ2v) is 9.81. The molecule has 2 bridgehead atoms. The second kappa shape index (κ2) is 9.73. The molecule has 1 aliphatic carbocycles. The number of anilines is 1. The van der Waals surface area contributed by atoms with E-state index in [4.69, 9.17) is 4.98 Å². The maximum Gasteiger partial charge on any atom is 0.257 e. The van der Waals surface area contributed by atoms with Gasteiger partial charge >= 0.3 is 0 Å². The first kappa shape index (κ1) is 24.0. The van der Waals surface area contributed by atoms with Gasteiger partial charge in [-0.25, -0.2) is 4.98 Å². The first-order valence-corrected chi connectivity index (χ1v) is 12.5. The zero-order valence-electron chi connectivity index (χ0n) is 20.5. The van der Waals surface area contributed by atoms with E-state index in [0.29, 0.717) is 53.1 Å². The van der Waals surface area contributed by atoms with E-state index in [1.165, 1.54) is 0 Å². The van der Waals surface area contributed by atoms with Gasteiger partial charge in [0.2, 0.25) is 5.95 Å². The van der Waals surface area contributed by atoms with Crippen molar-refractivity contribution < 1.29 is 19.5 Å². The molecule has 1 unspecified atom stereocenters. The number of nitrogens with one attached hydrogen (secondary N) is 2. The summed E-state index contributed by atoms with van der Waals surface area (Å²) in [5.74, 6) is -0.336. The highest BCUT2D eigenvalue weighted by atomic mass is 16.3. The minimum atomic E-state index is -0.376. The molecule has 188 valence electrons. The molecule has 5 rings (SSSR count). The van der Waals surface area contributed by atoms with Crippen molar-refractivity contribution in [2.24, 2.45) is 0 Å². The number of hydrogen-bond donors (Lipinski definition) is 3. The van der Waals surface area contributed by atoms with Crippen molar-refractivity contribution in [3.8, 4) is 0 Å². The average molecular weight is 490 g/mol. The Bertz CT molecular complexity index is 1330. The number of carbonyl (C=O) groups is 3. The fourth-order valence-electron chi connectivity index (χ4n) is 5.04. The quantitative estimate of drug-likeness (QED) is 0.510. The smallest absolute Gasteiger partial charge is 0.257 e. The molecule has 3 N–H and O–H groups in total. The standard InChI is InChI=1S/C27H31N5O4/c1-16-7-3-4-12-28-24(34)17-8-5-9-18(13-17)25(35)30-27-29-22-11-6-10-21(23(22)32(16)27)26(36)31(2)19-14-20(33)15-19/h5-6,8-11,13,16,19-20,33H,3-4,7,12,14-15H2,1-2H3,(H,28,34)(H,29,30,35). The van der Waals surface area contributed by atoms with Crippen LogP contribution in [0, 0.1) is 0 Å². The summed E-state index contributed by atoms with van der Waals surface area (Å²) in [6, 6.07) is 12.0. The lowest BCUT2D eigenvalue weighted by Crippen LogP contribution is -2.47. The molecule has 1 aliphatic heterocycles. The zero-order valence-corrected chi connectivity index (χ0v) is 20.5. The predicted octanol–water partition coefficient (Wildman–Crippen LogP) is 3.36. The van der Waals surface area contributed by atoms with Crippen molar-refractivity contribution in [1.29, 1.82) is 0 Å². The van der Waals surface area contributed by atoms with Crippen LogP contribution in [0.5, 0.6) is 0 Å². The van der Waals surface area contributed by atoms with Crippen LogP contribution in [0.4, 0.5) is 5.95 Å². The van der Waals surface area contributed by atoms with E-state index in [1.807, 2.05) is 10.6 Å². The molecule has 2 heterocycles. The number of aromatic nitrogens is 2. The molecule has 1 atom stereocenters. The number of aliphatic hydroxyl groups is 1. The molecule has 0 radical (unpaired) electrons. The van der Waals surface area contributed by atoms with Crippen LogP contribution in [-0.4, -0.2) is 63.0 Å². The van der Waals surface area contributed by atoms with Crippen molar-refractivity contribution in [2.75, 3.05) is 18.9 Å². The van der Waals surface area contributed by atoms with Gasteiger partial charge in [0.05, 0.1) is 22.7 Å². The average Bonchev–Trinajstić information content (AvgIpc) is 3.23. The molecular formula is C27H31N5O4. The molecule has 3 aromatic rings. The Hall–Kier alpha value is -3.72. The lowest BCUT2D eigenvalue weighted by molar-refractivity contribution is 0.0133. The topological polar surface area (TPSA) is 117 Å².